The first-order valence-corrected chi connectivity index (χ1v) is 7.22. The van der Waals surface area contributed by atoms with Crippen molar-refractivity contribution in [3.8, 4) is 0 Å². The fourth-order valence-electron chi connectivity index (χ4n) is 4.47. The molecule has 0 aromatic rings. The second-order valence-electron chi connectivity index (χ2n) is 6.32. The molecule has 2 aliphatic rings. The van der Waals surface area contributed by atoms with E-state index in [4.69, 9.17) is 0 Å². The van der Waals surface area contributed by atoms with Crippen molar-refractivity contribution in [3.63, 3.8) is 0 Å². The second-order valence-corrected chi connectivity index (χ2v) is 6.32. The lowest BCUT2D eigenvalue weighted by Crippen LogP contribution is -2.42. The Morgan fingerprint density at radius 2 is 1.20 bits per heavy atom. The van der Waals surface area contributed by atoms with E-state index in [9.17, 15) is 0 Å². The van der Waals surface area contributed by atoms with Crippen LogP contribution in [-0.2, 0) is 0 Å². The zero-order chi connectivity index (χ0) is 10.8. The summed E-state index contributed by atoms with van der Waals surface area (Å²) in [6, 6.07) is 0. The Hall–Kier alpha value is 0. The molecule has 0 aromatic heterocycles. The molecule has 0 nitrogen and oxygen atoms in total. The van der Waals surface area contributed by atoms with E-state index in [2.05, 4.69) is 13.8 Å². The first kappa shape index (κ1) is 11.5. The smallest absolute Gasteiger partial charge is 0.0246 e. The predicted molar refractivity (Wildman–Crippen MR) is 67.0 cm³/mol. The number of hydrogen-bond donors (Lipinski definition) is 0. The molecule has 2 fully saturated rings. The van der Waals surface area contributed by atoms with Gasteiger partial charge < -0.3 is 0 Å². The Morgan fingerprint density at radius 3 is 1.67 bits per heavy atom. The van der Waals surface area contributed by atoms with Crippen LogP contribution in [0.2, 0.25) is 0 Å². The Balaban J connectivity index is 2.15. The van der Waals surface area contributed by atoms with Crippen LogP contribution in [-0.4, -0.2) is 0 Å². The maximum Gasteiger partial charge on any atom is -0.0246 e. The standard InChI is InChI=1S/C15H28/c1-3-15(12-8-5-9-13-15)14(2)10-6-4-7-11-14/h3-13H2,1-2H3. The quantitative estimate of drug-likeness (QED) is 0.576. The van der Waals surface area contributed by atoms with Crippen LogP contribution < -0.4 is 0 Å². The molecule has 0 heteroatoms. The van der Waals surface area contributed by atoms with Gasteiger partial charge in [-0.25, -0.2) is 0 Å². The van der Waals surface area contributed by atoms with E-state index in [0.29, 0.717) is 5.41 Å². The van der Waals surface area contributed by atoms with Gasteiger partial charge in [-0.05, 0) is 42.9 Å². The van der Waals surface area contributed by atoms with Crippen LogP contribution in [0.1, 0.15) is 84.5 Å². The summed E-state index contributed by atoms with van der Waals surface area (Å²) in [5.41, 5.74) is 1.42. The number of hydrogen-bond acceptors (Lipinski definition) is 0. The highest BCUT2D eigenvalue weighted by Crippen LogP contribution is 2.58. The molecule has 0 atom stereocenters. The highest BCUT2D eigenvalue weighted by atomic mass is 14.5. The summed E-state index contributed by atoms with van der Waals surface area (Å²) in [6.45, 7) is 5.06. The van der Waals surface area contributed by atoms with E-state index < -0.39 is 0 Å². The molecule has 0 saturated heterocycles. The molecule has 0 bridgehead atoms. The lowest BCUT2D eigenvalue weighted by Gasteiger charge is -2.53. The SMILES string of the molecule is CCC1(C2(C)CCCCC2)CCCCC1. The van der Waals surface area contributed by atoms with E-state index in [-0.39, 0.29) is 0 Å². The number of rotatable bonds is 2. The van der Waals surface area contributed by atoms with Crippen molar-refractivity contribution in [1.29, 1.82) is 0 Å². The van der Waals surface area contributed by atoms with Gasteiger partial charge >= 0.3 is 0 Å². The second kappa shape index (κ2) is 4.47. The van der Waals surface area contributed by atoms with Crippen molar-refractivity contribution in [2.45, 2.75) is 84.5 Å². The summed E-state index contributed by atoms with van der Waals surface area (Å²) in [5.74, 6) is 0. The van der Waals surface area contributed by atoms with Crippen LogP contribution in [0.5, 0.6) is 0 Å². The minimum atomic E-state index is 0.695. The third-order valence-electron chi connectivity index (χ3n) is 5.72. The summed E-state index contributed by atoms with van der Waals surface area (Å²) in [5, 5.41) is 0. The summed E-state index contributed by atoms with van der Waals surface area (Å²) >= 11 is 0. The fraction of sp³-hybridized carbons (Fsp3) is 1.00. The van der Waals surface area contributed by atoms with Gasteiger partial charge in [0, 0.05) is 0 Å². The normalized spacial score (nSPS) is 30.0. The van der Waals surface area contributed by atoms with Gasteiger partial charge in [0.25, 0.3) is 0 Å². The van der Waals surface area contributed by atoms with Crippen molar-refractivity contribution >= 4 is 0 Å². The van der Waals surface area contributed by atoms with Crippen LogP contribution in [0, 0.1) is 10.8 Å². The van der Waals surface area contributed by atoms with Gasteiger partial charge in [0.2, 0.25) is 0 Å². The van der Waals surface area contributed by atoms with Crippen molar-refractivity contribution in [1.82, 2.24) is 0 Å². The van der Waals surface area contributed by atoms with Gasteiger partial charge in [-0.2, -0.15) is 0 Å². The van der Waals surface area contributed by atoms with E-state index in [1.165, 1.54) is 70.6 Å². The highest BCUT2D eigenvalue weighted by molar-refractivity contribution is 4.97. The van der Waals surface area contributed by atoms with Crippen LogP contribution >= 0.6 is 0 Å². The summed E-state index contributed by atoms with van der Waals surface area (Å²) in [4.78, 5) is 0. The first-order chi connectivity index (χ1) is 7.22. The monoisotopic (exact) mass is 208 g/mol. The Morgan fingerprint density at radius 1 is 0.733 bits per heavy atom. The van der Waals surface area contributed by atoms with Crippen molar-refractivity contribution in [2.75, 3.05) is 0 Å². The van der Waals surface area contributed by atoms with Gasteiger partial charge in [-0.1, -0.05) is 52.4 Å². The predicted octanol–water partition coefficient (Wildman–Crippen LogP) is 5.32. The molecule has 15 heavy (non-hydrogen) atoms. The van der Waals surface area contributed by atoms with Gasteiger partial charge in [0.1, 0.15) is 0 Å². The maximum atomic E-state index is 2.61. The van der Waals surface area contributed by atoms with Gasteiger partial charge in [-0.15, -0.1) is 0 Å². The lowest BCUT2D eigenvalue weighted by atomic mass is 9.52. The zero-order valence-electron chi connectivity index (χ0n) is 10.8. The van der Waals surface area contributed by atoms with E-state index >= 15 is 0 Å². The molecule has 0 spiro atoms. The van der Waals surface area contributed by atoms with E-state index in [1.807, 2.05) is 0 Å². The van der Waals surface area contributed by atoms with Gasteiger partial charge in [0.15, 0.2) is 0 Å². The topological polar surface area (TPSA) is 0 Å². The van der Waals surface area contributed by atoms with Crippen LogP contribution in [0.3, 0.4) is 0 Å². The molecule has 0 aliphatic heterocycles. The zero-order valence-corrected chi connectivity index (χ0v) is 10.8. The summed E-state index contributed by atoms with van der Waals surface area (Å²) < 4.78 is 0. The summed E-state index contributed by atoms with van der Waals surface area (Å²) in [6.07, 6.45) is 16.5. The maximum absolute atomic E-state index is 2.61. The molecular weight excluding hydrogens is 180 g/mol. The average molecular weight is 208 g/mol. The highest BCUT2D eigenvalue weighted by Gasteiger charge is 2.46. The van der Waals surface area contributed by atoms with Crippen LogP contribution in [0.4, 0.5) is 0 Å². The molecule has 0 aromatic carbocycles. The van der Waals surface area contributed by atoms with E-state index in [1.54, 1.807) is 0 Å². The van der Waals surface area contributed by atoms with Crippen LogP contribution in [0.15, 0.2) is 0 Å². The molecule has 0 heterocycles. The minimum absolute atomic E-state index is 0.695. The molecule has 0 radical (unpaired) electrons. The van der Waals surface area contributed by atoms with Crippen molar-refractivity contribution < 1.29 is 0 Å². The van der Waals surface area contributed by atoms with Crippen molar-refractivity contribution in [2.24, 2.45) is 10.8 Å². The largest absolute Gasteiger partial charge is 0.0648 e. The molecule has 2 rings (SSSR count). The molecule has 88 valence electrons. The third-order valence-corrected chi connectivity index (χ3v) is 5.72. The van der Waals surface area contributed by atoms with Crippen LogP contribution in [0.25, 0.3) is 0 Å². The Bertz CT molecular complexity index is 192. The molecule has 0 amide bonds. The molecule has 0 N–H and O–H groups in total. The van der Waals surface area contributed by atoms with E-state index in [0.717, 1.165) is 5.41 Å². The Kier molecular flexibility index (Phi) is 3.42. The van der Waals surface area contributed by atoms with Gasteiger partial charge in [0.05, 0.1) is 0 Å². The average Bonchev–Trinajstić information content (AvgIpc) is 2.31. The lowest BCUT2D eigenvalue weighted by molar-refractivity contribution is -0.0232. The fourth-order valence-corrected chi connectivity index (χ4v) is 4.47. The van der Waals surface area contributed by atoms with Crippen molar-refractivity contribution in [3.05, 3.63) is 0 Å². The molecule has 0 unspecified atom stereocenters. The minimum Gasteiger partial charge on any atom is -0.0648 e. The summed E-state index contributed by atoms with van der Waals surface area (Å²) in [7, 11) is 0. The molecule has 2 saturated carbocycles. The third kappa shape index (κ3) is 1.97. The molecule has 2 aliphatic carbocycles. The van der Waals surface area contributed by atoms with Gasteiger partial charge in [-0.3, -0.25) is 0 Å². The molecular formula is C15H28. The first-order valence-electron chi connectivity index (χ1n) is 7.22. The Labute approximate surface area is 95.8 Å².